The molecular weight excluding hydrogens is 292 g/mol. The summed E-state index contributed by atoms with van der Waals surface area (Å²) in [6, 6.07) is 0. The minimum absolute atomic E-state index is 0.645. The van der Waals surface area contributed by atoms with Gasteiger partial charge in [-0.05, 0) is 25.7 Å². The first kappa shape index (κ1) is 21.4. The normalized spacial score (nSPS) is 17.2. The lowest BCUT2D eigenvalue weighted by Crippen LogP contribution is -2.39. The van der Waals surface area contributed by atoms with Gasteiger partial charge in [0.25, 0.3) is 0 Å². The van der Waals surface area contributed by atoms with Crippen LogP contribution in [0.15, 0.2) is 12.4 Å². The average Bonchev–Trinajstić information content (AvgIpc) is 2.98. The molecule has 0 saturated heterocycles. The van der Waals surface area contributed by atoms with Gasteiger partial charge in [-0.15, -0.1) is 0 Å². The smallest absolute Gasteiger partial charge is 0.101 e. The first-order valence-electron chi connectivity index (χ1n) is 11.0. The lowest BCUT2D eigenvalue weighted by Gasteiger charge is -2.33. The van der Waals surface area contributed by atoms with E-state index in [0.29, 0.717) is 6.17 Å². The summed E-state index contributed by atoms with van der Waals surface area (Å²) >= 11 is 0. The van der Waals surface area contributed by atoms with Gasteiger partial charge < -0.3 is 9.80 Å². The SMILES string of the molecule is CCCCCCCCCN1C=CN(CCCCCC)C1CCCC. The molecule has 1 heterocycles. The van der Waals surface area contributed by atoms with E-state index in [2.05, 4.69) is 43.0 Å². The van der Waals surface area contributed by atoms with Crippen LogP contribution in [0.5, 0.6) is 0 Å². The molecule has 2 heteroatoms. The van der Waals surface area contributed by atoms with E-state index in [0.717, 1.165) is 0 Å². The summed E-state index contributed by atoms with van der Waals surface area (Å²) in [5.41, 5.74) is 0. The van der Waals surface area contributed by atoms with Gasteiger partial charge in [0.05, 0.1) is 0 Å². The molecule has 1 aliphatic heterocycles. The molecular formula is C22H44N2. The molecule has 0 amide bonds. The van der Waals surface area contributed by atoms with Crippen molar-refractivity contribution in [3.63, 3.8) is 0 Å². The van der Waals surface area contributed by atoms with Crippen molar-refractivity contribution in [2.45, 2.75) is 117 Å². The minimum Gasteiger partial charge on any atom is -0.356 e. The second-order valence-electron chi connectivity index (χ2n) is 7.58. The van der Waals surface area contributed by atoms with Gasteiger partial charge >= 0.3 is 0 Å². The van der Waals surface area contributed by atoms with Crippen LogP contribution in [0.4, 0.5) is 0 Å². The quantitative estimate of drug-likeness (QED) is 0.282. The summed E-state index contributed by atoms with van der Waals surface area (Å²) in [6.07, 6.45) is 24.7. The van der Waals surface area contributed by atoms with E-state index in [1.165, 1.54) is 103 Å². The van der Waals surface area contributed by atoms with E-state index in [1.54, 1.807) is 0 Å². The molecule has 1 atom stereocenters. The molecule has 24 heavy (non-hydrogen) atoms. The summed E-state index contributed by atoms with van der Waals surface area (Å²) in [6.45, 7) is 9.41. The highest BCUT2D eigenvalue weighted by molar-refractivity contribution is 4.96. The van der Waals surface area contributed by atoms with Gasteiger partial charge in [0.1, 0.15) is 6.17 Å². The fourth-order valence-electron chi connectivity index (χ4n) is 3.70. The van der Waals surface area contributed by atoms with Crippen molar-refractivity contribution in [2.75, 3.05) is 13.1 Å². The van der Waals surface area contributed by atoms with Gasteiger partial charge in [0, 0.05) is 25.5 Å². The van der Waals surface area contributed by atoms with Crippen molar-refractivity contribution in [1.82, 2.24) is 9.80 Å². The van der Waals surface area contributed by atoms with E-state index in [4.69, 9.17) is 0 Å². The fourth-order valence-corrected chi connectivity index (χ4v) is 3.70. The topological polar surface area (TPSA) is 6.48 Å². The van der Waals surface area contributed by atoms with E-state index >= 15 is 0 Å². The summed E-state index contributed by atoms with van der Waals surface area (Å²) < 4.78 is 0. The average molecular weight is 337 g/mol. The molecule has 0 saturated carbocycles. The number of hydrogen-bond donors (Lipinski definition) is 0. The first-order chi connectivity index (χ1) is 11.8. The molecule has 0 aromatic rings. The van der Waals surface area contributed by atoms with Gasteiger partial charge in [0.15, 0.2) is 0 Å². The molecule has 1 unspecified atom stereocenters. The molecule has 0 aliphatic carbocycles. The highest BCUT2D eigenvalue weighted by Crippen LogP contribution is 2.22. The monoisotopic (exact) mass is 336 g/mol. The van der Waals surface area contributed by atoms with Gasteiger partial charge in [-0.1, -0.05) is 85.0 Å². The molecule has 142 valence electrons. The molecule has 0 bridgehead atoms. The lowest BCUT2D eigenvalue weighted by atomic mass is 10.1. The van der Waals surface area contributed by atoms with Gasteiger partial charge in [-0.25, -0.2) is 0 Å². The van der Waals surface area contributed by atoms with E-state index in [9.17, 15) is 0 Å². The lowest BCUT2D eigenvalue weighted by molar-refractivity contribution is 0.136. The Hall–Kier alpha value is -0.660. The Labute approximate surface area is 152 Å². The minimum atomic E-state index is 0.645. The predicted molar refractivity (Wildman–Crippen MR) is 108 cm³/mol. The molecule has 1 aliphatic rings. The van der Waals surface area contributed by atoms with Gasteiger partial charge in [0.2, 0.25) is 0 Å². The molecule has 1 rings (SSSR count). The van der Waals surface area contributed by atoms with Crippen LogP contribution in [0.3, 0.4) is 0 Å². The third-order valence-electron chi connectivity index (χ3n) is 5.32. The number of nitrogens with zero attached hydrogens (tertiary/aromatic N) is 2. The Morgan fingerprint density at radius 3 is 1.46 bits per heavy atom. The summed E-state index contributed by atoms with van der Waals surface area (Å²) in [5, 5.41) is 0. The van der Waals surface area contributed by atoms with Crippen LogP contribution >= 0.6 is 0 Å². The summed E-state index contributed by atoms with van der Waals surface area (Å²) in [4.78, 5) is 5.24. The number of hydrogen-bond acceptors (Lipinski definition) is 2. The van der Waals surface area contributed by atoms with Crippen LogP contribution in [0.1, 0.15) is 111 Å². The van der Waals surface area contributed by atoms with Crippen LogP contribution < -0.4 is 0 Å². The molecule has 0 fully saturated rings. The molecule has 0 radical (unpaired) electrons. The Morgan fingerprint density at radius 1 is 0.542 bits per heavy atom. The zero-order valence-electron chi connectivity index (χ0n) is 16.9. The number of unbranched alkanes of at least 4 members (excludes halogenated alkanes) is 10. The fraction of sp³-hybridized carbons (Fsp3) is 0.909. The largest absolute Gasteiger partial charge is 0.356 e. The predicted octanol–water partition coefficient (Wildman–Crippen LogP) is 6.92. The Balaban J connectivity index is 2.24. The first-order valence-corrected chi connectivity index (χ1v) is 11.0. The van der Waals surface area contributed by atoms with Crippen molar-refractivity contribution in [2.24, 2.45) is 0 Å². The van der Waals surface area contributed by atoms with Crippen LogP contribution in [0.25, 0.3) is 0 Å². The highest BCUT2D eigenvalue weighted by Gasteiger charge is 2.24. The molecule has 0 aromatic carbocycles. The molecule has 2 nitrogen and oxygen atoms in total. The standard InChI is InChI=1S/C22H44N2/c1-4-7-10-12-13-14-16-19-24-21-20-23(18-15-11-8-5-2)22(24)17-9-6-3/h20-22H,4-19H2,1-3H3. The second-order valence-corrected chi connectivity index (χ2v) is 7.58. The van der Waals surface area contributed by atoms with Crippen molar-refractivity contribution >= 4 is 0 Å². The van der Waals surface area contributed by atoms with Crippen molar-refractivity contribution < 1.29 is 0 Å². The zero-order valence-corrected chi connectivity index (χ0v) is 16.9. The third kappa shape index (κ3) is 8.99. The maximum Gasteiger partial charge on any atom is 0.101 e. The molecule has 0 N–H and O–H groups in total. The second kappa shape index (κ2) is 14.7. The third-order valence-corrected chi connectivity index (χ3v) is 5.32. The van der Waals surface area contributed by atoms with Crippen LogP contribution in [0, 0.1) is 0 Å². The Bertz CT molecular complexity index is 300. The van der Waals surface area contributed by atoms with Gasteiger partial charge in [-0.2, -0.15) is 0 Å². The van der Waals surface area contributed by atoms with Crippen LogP contribution in [-0.4, -0.2) is 29.1 Å². The van der Waals surface area contributed by atoms with Crippen molar-refractivity contribution in [3.05, 3.63) is 12.4 Å². The zero-order chi connectivity index (χ0) is 17.5. The van der Waals surface area contributed by atoms with E-state index in [-0.39, 0.29) is 0 Å². The molecule has 0 spiro atoms. The van der Waals surface area contributed by atoms with Crippen LogP contribution in [-0.2, 0) is 0 Å². The Morgan fingerprint density at radius 2 is 0.958 bits per heavy atom. The maximum absolute atomic E-state index is 2.63. The van der Waals surface area contributed by atoms with E-state index in [1.807, 2.05) is 0 Å². The summed E-state index contributed by atoms with van der Waals surface area (Å²) in [5.74, 6) is 0. The maximum atomic E-state index is 2.63. The Kier molecular flexibility index (Phi) is 13.1. The van der Waals surface area contributed by atoms with E-state index < -0.39 is 0 Å². The van der Waals surface area contributed by atoms with Gasteiger partial charge in [-0.3, -0.25) is 0 Å². The molecule has 0 aromatic heterocycles. The van der Waals surface area contributed by atoms with Crippen molar-refractivity contribution in [3.8, 4) is 0 Å². The van der Waals surface area contributed by atoms with Crippen molar-refractivity contribution in [1.29, 1.82) is 0 Å². The van der Waals surface area contributed by atoms with Crippen LogP contribution in [0.2, 0.25) is 0 Å². The highest BCUT2D eigenvalue weighted by atomic mass is 15.4. The summed E-state index contributed by atoms with van der Waals surface area (Å²) in [7, 11) is 0. The number of rotatable bonds is 16.